The Morgan fingerprint density at radius 1 is 1.28 bits per heavy atom. The van der Waals surface area contributed by atoms with Gasteiger partial charge in [-0.15, -0.1) is 0 Å². The number of aliphatic hydroxyl groups excluding tert-OH is 1. The van der Waals surface area contributed by atoms with Gasteiger partial charge in [0, 0.05) is 0 Å². The molecule has 0 bridgehead atoms. The van der Waals surface area contributed by atoms with E-state index in [1.165, 1.54) is 14.2 Å². The summed E-state index contributed by atoms with van der Waals surface area (Å²) < 4.78 is 15.0. The topological polar surface area (TPSA) is 65.0 Å². The summed E-state index contributed by atoms with van der Waals surface area (Å²) in [6.07, 6.45) is -0.993. The fraction of sp³-hybridized carbons (Fsp3) is 0.462. The van der Waals surface area contributed by atoms with Crippen LogP contribution in [0.25, 0.3) is 0 Å². The zero-order valence-corrected chi connectivity index (χ0v) is 10.8. The van der Waals surface area contributed by atoms with Gasteiger partial charge in [-0.25, -0.2) is 0 Å². The van der Waals surface area contributed by atoms with Crippen LogP contribution in [0.1, 0.15) is 25.0 Å². The van der Waals surface area contributed by atoms with E-state index in [0.717, 1.165) is 0 Å². The van der Waals surface area contributed by atoms with Crippen molar-refractivity contribution in [3.05, 3.63) is 23.8 Å². The van der Waals surface area contributed by atoms with Gasteiger partial charge in [0.05, 0.1) is 33.4 Å². The van der Waals surface area contributed by atoms with E-state index >= 15 is 0 Å². The quantitative estimate of drug-likeness (QED) is 0.782. The minimum absolute atomic E-state index is 0.0800. The zero-order valence-electron chi connectivity index (χ0n) is 10.8. The number of carbonyl (C=O) groups is 1. The van der Waals surface area contributed by atoms with Gasteiger partial charge < -0.3 is 19.3 Å². The highest BCUT2D eigenvalue weighted by molar-refractivity contribution is 5.70. The van der Waals surface area contributed by atoms with Crippen molar-refractivity contribution < 1.29 is 24.1 Å². The Morgan fingerprint density at radius 3 is 2.50 bits per heavy atom. The third kappa shape index (κ3) is 3.63. The Kier molecular flexibility index (Phi) is 5.45. The molecular weight excluding hydrogens is 236 g/mol. The molecular formula is C13H18O5. The van der Waals surface area contributed by atoms with Crippen LogP contribution in [0.2, 0.25) is 0 Å². The lowest BCUT2D eigenvalue weighted by atomic mass is 10.1. The number of ether oxygens (including phenoxy) is 3. The summed E-state index contributed by atoms with van der Waals surface area (Å²) in [5, 5.41) is 9.90. The van der Waals surface area contributed by atoms with Gasteiger partial charge in [-0.1, -0.05) is 6.07 Å². The normalized spacial score (nSPS) is 11.8. The Hall–Kier alpha value is -1.75. The third-order valence-electron chi connectivity index (χ3n) is 2.46. The van der Waals surface area contributed by atoms with E-state index < -0.39 is 12.1 Å². The average Bonchev–Trinajstić information content (AvgIpc) is 2.38. The van der Waals surface area contributed by atoms with Gasteiger partial charge in [-0.2, -0.15) is 0 Å². The highest BCUT2D eigenvalue weighted by Crippen LogP contribution is 2.30. The molecule has 0 aliphatic heterocycles. The molecule has 0 aliphatic rings. The molecule has 0 amide bonds. The minimum Gasteiger partial charge on any atom is -0.493 e. The van der Waals surface area contributed by atoms with Crippen LogP contribution < -0.4 is 9.47 Å². The van der Waals surface area contributed by atoms with Crippen molar-refractivity contribution in [2.75, 3.05) is 20.8 Å². The van der Waals surface area contributed by atoms with Crippen molar-refractivity contribution in [2.24, 2.45) is 0 Å². The Balaban J connectivity index is 2.79. The van der Waals surface area contributed by atoms with E-state index in [0.29, 0.717) is 23.7 Å². The maximum absolute atomic E-state index is 11.3. The lowest BCUT2D eigenvalue weighted by molar-refractivity contribution is -0.145. The molecule has 0 radical (unpaired) electrons. The van der Waals surface area contributed by atoms with E-state index in [1.807, 2.05) is 0 Å². The summed E-state index contributed by atoms with van der Waals surface area (Å²) >= 11 is 0. The van der Waals surface area contributed by atoms with Crippen LogP contribution in [-0.4, -0.2) is 31.9 Å². The summed E-state index contributed by atoms with van der Waals surface area (Å²) in [4.78, 5) is 11.3. The van der Waals surface area contributed by atoms with Crippen LogP contribution >= 0.6 is 0 Å². The Bertz CT molecular complexity index is 402. The lowest BCUT2D eigenvalue weighted by Crippen LogP contribution is -2.10. The number of hydrogen-bond acceptors (Lipinski definition) is 5. The van der Waals surface area contributed by atoms with Gasteiger partial charge in [0.1, 0.15) is 0 Å². The zero-order chi connectivity index (χ0) is 13.5. The minimum atomic E-state index is -0.913. The predicted molar refractivity (Wildman–Crippen MR) is 65.8 cm³/mol. The number of carbonyl (C=O) groups excluding carboxylic acids is 1. The van der Waals surface area contributed by atoms with E-state index in [2.05, 4.69) is 0 Å². The first-order chi connectivity index (χ1) is 8.62. The molecule has 5 nitrogen and oxygen atoms in total. The third-order valence-corrected chi connectivity index (χ3v) is 2.46. The number of benzene rings is 1. The SMILES string of the molecule is CCOC(=O)C[C@@H](O)c1ccc(OC)c(OC)c1. The molecule has 5 heteroatoms. The number of aliphatic hydroxyl groups is 1. The number of methoxy groups -OCH3 is 2. The van der Waals surface area contributed by atoms with Crippen molar-refractivity contribution in [3.63, 3.8) is 0 Å². The van der Waals surface area contributed by atoms with Crippen LogP contribution in [0.4, 0.5) is 0 Å². The smallest absolute Gasteiger partial charge is 0.308 e. The molecule has 0 aromatic heterocycles. The number of hydrogen-bond donors (Lipinski definition) is 1. The monoisotopic (exact) mass is 254 g/mol. The van der Waals surface area contributed by atoms with Gasteiger partial charge in [0.25, 0.3) is 0 Å². The van der Waals surface area contributed by atoms with Crippen LogP contribution in [0.15, 0.2) is 18.2 Å². The molecule has 100 valence electrons. The van der Waals surface area contributed by atoms with Crippen molar-refractivity contribution >= 4 is 5.97 Å². The van der Waals surface area contributed by atoms with E-state index in [1.54, 1.807) is 25.1 Å². The van der Waals surface area contributed by atoms with Crippen LogP contribution in [0.5, 0.6) is 11.5 Å². The summed E-state index contributed by atoms with van der Waals surface area (Å²) in [5.74, 6) is 0.655. The molecule has 0 saturated heterocycles. The van der Waals surface area contributed by atoms with Crippen molar-refractivity contribution in [1.82, 2.24) is 0 Å². The highest BCUT2D eigenvalue weighted by Gasteiger charge is 2.16. The molecule has 0 heterocycles. The molecule has 1 rings (SSSR count). The van der Waals surface area contributed by atoms with Gasteiger partial charge in [0.15, 0.2) is 11.5 Å². The molecule has 1 aromatic carbocycles. The largest absolute Gasteiger partial charge is 0.493 e. The van der Waals surface area contributed by atoms with Crippen molar-refractivity contribution in [1.29, 1.82) is 0 Å². The van der Waals surface area contributed by atoms with Crippen LogP contribution in [0.3, 0.4) is 0 Å². The van der Waals surface area contributed by atoms with Crippen molar-refractivity contribution in [3.8, 4) is 11.5 Å². The predicted octanol–water partition coefficient (Wildman–Crippen LogP) is 1.69. The Morgan fingerprint density at radius 2 is 1.94 bits per heavy atom. The molecule has 0 saturated carbocycles. The van der Waals surface area contributed by atoms with E-state index in [4.69, 9.17) is 14.2 Å². The summed E-state index contributed by atoms with van der Waals surface area (Å²) in [5.41, 5.74) is 0.584. The Labute approximate surface area is 106 Å². The fourth-order valence-corrected chi connectivity index (χ4v) is 1.56. The van der Waals surface area contributed by atoms with Gasteiger partial charge >= 0.3 is 5.97 Å². The maximum Gasteiger partial charge on any atom is 0.308 e. The molecule has 1 N–H and O–H groups in total. The fourth-order valence-electron chi connectivity index (χ4n) is 1.56. The molecule has 18 heavy (non-hydrogen) atoms. The number of esters is 1. The van der Waals surface area contributed by atoms with Gasteiger partial charge in [-0.3, -0.25) is 4.79 Å². The van der Waals surface area contributed by atoms with Crippen LogP contribution in [0, 0.1) is 0 Å². The molecule has 1 atom stereocenters. The first kappa shape index (κ1) is 14.3. The van der Waals surface area contributed by atoms with E-state index in [9.17, 15) is 9.90 Å². The molecule has 0 unspecified atom stereocenters. The van der Waals surface area contributed by atoms with Gasteiger partial charge in [-0.05, 0) is 24.6 Å². The number of rotatable bonds is 6. The van der Waals surface area contributed by atoms with Gasteiger partial charge in [0.2, 0.25) is 0 Å². The molecule has 0 fully saturated rings. The highest BCUT2D eigenvalue weighted by atomic mass is 16.5. The second kappa shape index (κ2) is 6.86. The van der Waals surface area contributed by atoms with E-state index in [-0.39, 0.29) is 6.42 Å². The second-order valence-electron chi connectivity index (χ2n) is 3.64. The first-order valence-corrected chi connectivity index (χ1v) is 5.68. The lowest BCUT2D eigenvalue weighted by Gasteiger charge is -2.13. The standard InChI is InChI=1S/C13H18O5/c1-4-18-13(15)8-10(14)9-5-6-11(16-2)12(7-9)17-3/h5-7,10,14H,4,8H2,1-3H3/t10-/m1/s1. The first-order valence-electron chi connectivity index (χ1n) is 5.68. The average molecular weight is 254 g/mol. The van der Waals surface area contributed by atoms with Crippen molar-refractivity contribution in [2.45, 2.75) is 19.4 Å². The molecule has 0 aliphatic carbocycles. The van der Waals surface area contributed by atoms with Crippen LogP contribution in [-0.2, 0) is 9.53 Å². The summed E-state index contributed by atoms with van der Waals surface area (Å²) in [7, 11) is 3.05. The second-order valence-corrected chi connectivity index (χ2v) is 3.64. The molecule has 1 aromatic rings. The summed E-state index contributed by atoms with van der Waals surface area (Å²) in [6.45, 7) is 2.03. The molecule has 0 spiro atoms. The maximum atomic E-state index is 11.3. The summed E-state index contributed by atoms with van der Waals surface area (Å²) in [6, 6.07) is 5.01.